The molecule has 0 radical (unpaired) electrons. The number of rotatable bonds is 4. The molecule has 0 saturated heterocycles. The predicted octanol–water partition coefficient (Wildman–Crippen LogP) is 2.23. The number of aromatic nitrogens is 1. The van der Waals surface area contributed by atoms with E-state index in [2.05, 4.69) is 10.3 Å². The third-order valence-electron chi connectivity index (χ3n) is 2.68. The van der Waals surface area contributed by atoms with Gasteiger partial charge in [-0.05, 0) is 26.8 Å². The van der Waals surface area contributed by atoms with Crippen molar-refractivity contribution in [2.45, 2.75) is 31.7 Å². The molecular formula is C12H17ClN2O2. The molecule has 0 spiro atoms. The van der Waals surface area contributed by atoms with Gasteiger partial charge in [-0.3, -0.25) is 9.78 Å². The van der Waals surface area contributed by atoms with Gasteiger partial charge in [-0.1, -0.05) is 0 Å². The molecule has 5 heteroatoms. The second-order valence-corrected chi connectivity index (χ2v) is 5.02. The maximum Gasteiger partial charge on any atom is 0.255 e. The van der Waals surface area contributed by atoms with Crippen LogP contribution in [0.3, 0.4) is 0 Å². The number of pyridine rings is 1. The predicted molar refractivity (Wildman–Crippen MR) is 67.6 cm³/mol. The van der Waals surface area contributed by atoms with Crippen molar-refractivity contribution >= 4 is 17.5 Å². The van der Waals surface area contributed by atoms with Crippen molar-refractivity contribution in [3.63, 3.8) is 0 Å². The van der Waals surface area contributed by atoms with E-state index >= 15 is 0 Å². The Morgan fingerprint density at radius 1 is 1.59 bits per heavy atom. The molecule has 1 rings (SSSR count). The molecular weight excluding hydrogens is 240 g/mol. The first-order chi connectivity index (χ1) is 7.88. The number of nitrogens with one attached hydrogen (secondary N) is 1. The van der Waals surface area contributed by atoms with Gasteiger partial charge in [0.25, 0.3) is 5.91 Å². The largest absolute Gasteiger partial charge is 0.494 e. The average Bonchev–Trinajstić information content (AvgIpc) is 2.28. The smallest absolute Gasteiger partial charge is 0.255 e. The third kappa shape index (κ3) is 3.33. The summed E-state index contributed by atoms with van der Waals surface area (Å²) in [5.41, 5.74) is -0.0414. The molecule has 1 aromatic rings. The summed E-state index contributed by atoms with van der Waals surface area (Å²) in [5.74, 6) is 0.227. The van der Waals surface area contributed by atoms with Crippen LogP contribution in [0.1, 0.15) is 31.1 Å². The minimum atomic E-state index is -0.493. The molecule has 4 nitrogen and oxygen atoms in total. The molecule has 0 saturated carbocycles. The Morgan fingerprint density at radius 3 is 2.76 bits per heavy atom. The quantitative estimate of drug-likeness (QED) is 0.841. The van der Waals surface area contributed by atoms with Gasteiger partial charge in [-0.25, -0.2) is 0 Å². The summed E-state index contributed by atoms with van der Waals surface area (Å²) in [6, 6.07) is 1.61. The van der Waals surface area contributed by atoms with Gasteiger partial charge in [0.05, 0.1) is 29.8 Å². The molecule has 0 aromatic carbocycles. The van der Waals surface area contributed by atoms with E-state index in [9.17, 15) is 4.79 Å². The molecule has 17 heavy (non-hydrogen) atoms. The molecule has 0 bridgehead atoms. The number of nitrogens with zero attached hydrogens (tertiary/aromatic N) is 1. The van der Waals surface area contributed by atoms with Crippen LogP contribution in [0, 0.1) is 0 Å². The second kappa shape index (κ2) is 5.36. The molecule has 1 amide bonds. The SMILES string of the molecule is COc1cnccc1C(=O)NC(C)(C)C(C)Cl. The molecule has 1 atom stereocenters. The molecule has 94 valence electrons. The van der Waals surface area contributed by atoms with E-state index in [1.807, 2.05) is 20.8 Å². The molecule has 1 aromatic heterocycles. The summed E-state index contributed by atoms with van der Waals surface area (Å²) in [6.45, 7) is 5.58. The summed E-state index contributed by atoms with van der Waals surface area (Å²) < 4.78 is 5.09. The van der Waals surface area contributed by atoms with Crippen LogP contribution < -0.4 is 10.1 Å². The van der Waals surface area contributed by atoms with Crippen LogP contribution in [0.2, 0.25) is 0 Å². The summed E-state index contributed by atoms with van der Waals surface area (Å²) >= 11 is 6.02. The van der Waals surface area contributed by atoms with Gasteiger partial charge in [-0.15, -0.1) is 11.6 Å². The van der Waals surface area contributed by atoms with E-state index < -0.39 is 5.54 Å². The molecule has 0 fully saturated rings. The zero-order chi connectivity index (χ0) is 13.1. The van der Waals surface area contributed by atoms with Crippen LogP contribution in [-0.2, 0) is 0 Å². The van der Waals surface area contributed by atoms with Crippen molar-refractivity contribution in [2.75, 3.05) is 7.11 Å². The number of ether oxygens (including phenoxy) is 1. The van der Waals surface area contributed by atoms with Gasteiger partial charge in [0.2, 0.25) is 0 Å². The topological polar surface area (TPSA) is 51.2 Å². The van der Waals surface area contributed by atoms with Gasteiger partial charge < -0.3 is 10.1 Å². The molecule has 1 unspecified atom stereocenters. The number of amides is 1. The summed E-state index contributed by atoms with van der Waals surface area (Å²) in [7, 11) is 1.50. The van der Waals surface area contributed by atoms with Gasteiger partial charge >= 0.3 is 0 Å². The van der Waals surface area contributed by atoms with E-state index in [-0.39, 0.29) is 11.3 Å². The number of hydrogen-bond donors (Lipinski definition) is 1. The standard InChI is InChI=1S/C12H17ClN2O2/c1-8(13)12(2,3)15-11(16)9-5-6-14-7-10(9)17-4/h5-8H,1-4H3,(H,15,16). The number of carbonyl (C=O) groups is 1. The van der Waals surface area contributed by atoms with Crippen molar-refractivity contribution in [2.24, 2.45) is 0 Å². The summed E-state index contributed by atoms with van der Waals surface area (Å²) in [6.07, 6.45) is 3.06. The highest BCUT2D eigenvalue weighted by molar-refractivity contribution is 6.21. The van der Waals surface area contributed by atoms with Crippen LogP contribution >= 0.6 is 11.6 Å². The van der Waals surface area contributed by atoms with E-state index in [4.69, 9.17) is 16.3 Å². The van der Waals surface area contributed by atoms with E-state index in [1.54, 1.807) is 12.3 Å². The first-order valence-corrected chi connectivity index (χ1v) is 5.76. The summed E-state index contributed by atoms with van der Waals surface area (Å²) in [5, 5.41) is 2.69. The van der Waals surface area contributed by atoms with Crippen LogP contribution in [0.4, 0.5) is 0 Å². The fraction of sp³-hybridized carbons (Fsp3) is 0.500. The molecule has 1 N–H and O–H groups in total. The van der Waals surface area contributed by atoms with Gasteiger partial charge in [0.1, 0.15) is 5.75 Å². The number of methoxy groups -OCH3 is 1. The highest BCUT2D eigenvalue weighted by Crippen LogP contribution is 2.19. The maximum absolute atomic E-state index is 12.1. The van der Waals surface area contributed by atoms with Gasteiger partial charge in [-0.2, -0.15) is 0 Å². The van der Waals surface area contributed by atoms with Crippen molar-refractivity contribution in [3.05, 3.63) is 24.0 Å². The van der Waals surface area contributed by atoms with Crippen LogP contribution in [0.25, 0.3) is 0 Å². The molecule has 0 aliphatic heterocycles. The number of hydrogen-bond acceptors (Lipinski definition) is 3. The molecule has 1 heterocycles. The van der Waals surface area contributed by atoms with E-state index in [1.165, 1.54) is 13.3 Å². The first kappa shape index (κ1) is 13.8. The van der Waals surface area contributed by atoms with Gasteiger partial charge in [0.15, 0.2) is 0 Å². The number of carbonyl (C=O) groups excluding carboxylic acids is 1. The lowest BCUT2D eigenvalue weighted by Crippen LogP contribution is -2.49. The number of halogens is 1. The van der Waals surface area contributed by atoms with Crippen LogP contribution in [0.15, 0.2) is 18.5 Å². The monoisotopic (exact) mass is 256 g/mol. The lowest BCUT2D eigenvalue weighted by molar-refractivity contribution is 0.0909. The zero-order valence-electron chi connectivity index (χ0n) is 10.5. The lowest BCUT2D eigenvalue weighted by atomic mass is 10.0. The fourth-order valence-electron chi connectivity index (χ4n) is 1.19. The van der Waals surface area contributed by atoms with Crippen molar-refractivity contribution < 1.29 is 9.53 Å². The van der Waals surface area contributed by atoms with Crippen molar-refractivity contribution in [1.29, 1.82) is 0 Å². The van der Waals surface area contributed by atoms with Gasteiger partial charge in [0, 0.05) is 6.20 Å². The maximum atomic E-state index is 12.1. The fourth-order valence-corrected chi connectivity index (χ4v) is 1.24. The Hall–Kier alpha value is -1.29. The van der Waals surface area contributed by atoms with E-state index in [0.717, 1.165) is 0 Å². The summed E-state index contributed by atoms with van der Waals surface area (Å²) in [4.78, 5) is 16.0. The Labute approximate surface area is 106 Å². The first-order valence-electron chi connectivity index (χ1n) is 5.33. The van der Waals surface area contributed by atoms with Crippen molar-refractivity contribution in [1.82, 2.24) is 10.3 Å². The second-order valence-electron chi connectivity index (χ2n) is 4.37. The Morgan fingerprint density at radius 2 is 2.24 bits per heavy atom. The molecule has 0 aliphatic carbocycles. The Balaban J connectivity index is 2.91. The van der Waals surface area contributed by atoms with E-state index in [0.29, 0.717) is 11.3 Å². The normalized spacial score (nSPS) is 13.0. The van der Waals surface area contributed by atoms with Crippen molar-refractivity contribution in [3.8, 4) is 5.75 Å². The Bertz CT molecular complexity index is 405. The highest BCUT2D eigenvalue weighted by atomic mass is 35.5. The Kier molecular flexibility index (Phi) is 4.34. The average molecular weight is 257 g/mol. The van der Waals surface area contributed by atoms with Crippen LogP contribution in [0.5, 0.6) is 5.75 Å². The third-order valence-corrected chi connectivity index (χ3v) is 3.22. The number of alkyl halides is 1. The lowest BCUT2D eigenvalue weighted by Gasteiger charge is -2.29. The minimum absolute atomic E-state index is 0.181. The molecule has 0 aliphatic rings. The minimum Gasteiger partial charge on any atom is -0.494 e. The van der Waals surface area contributed by atoms with Crippen LogP contribution in [-0.4, -0.2) is 28.9 Å². The zero-order valence-corrected chi connectivity index (χ0v) is 11.2. The highest BCUT2D eigenvalue weighted by Gasteiger charge is 2.27.